The minimum absolute atomic E-state index is 0.496. The number of benzene rings is 1. The van der Waals surface area contributed by atoms with Gasteiger partial charge >= 0.3 is 0 Å². The zero-order valence-electron chi connectivity index (χ0n) is 15.6. The Balaban J connectivity index is 1.69. The van der Waals surface area contributed by atoms with Gasteiger partial charge in [0.15, 0.2) is 0 Å². The number of hydrogen-bond donors (Lipinski definition) is 1. The van der Waals surface area contributed by atoms with Crippen LogP contribution in [0.1, 0.15) is 35.2 Å². The summed E-state index contributed by atoms with van der Waals surface area (Å²) in [6.07, 6.45) is 4.01. The third-order valence-electron chi connectivity index (χ3n) is 5.14. The predicted molar refractivity (Wildman–Crippen MR) is 106 cm³/mol. The Morgan fingerprint density at radius 3 is 2.85 bits per heavy atom. The van der Waals surface area contributed by atoms with Crippen LogP contribution in [-0.4, -0.2) is 41.9 Å². The molecule has 6 heteroatoms. The van der Waals surface area contributed by atoms with E-state index in [4.69, 9.17) is 10.3 Å². The van der Waals surface area contributed by atoms with Crippen LogP contribution >= 0.6 is 0 Å². The number of hydrogen-bond acceptors (Lipinski definition) is 6. The molecular weight excluding hydrogens is 336 g/mol. The number of anilines is 1. The van der Waals surface area contributed by atoms with Crippen molar-refractivity contribution in [1.82, 2.24) is 15.3 Å². The van der Waals surface area contributed by atoms with E-state index in [1.54, 1.807) is 6.33 Å². The molecule has 1 aromatic carbocycles. The second-order valence-electron chi connectivity index (χ2n) is 7.18. The summed E-state index contributed by atoms with van der Waals surface area (Å²) in [5.41, 5.74) is 4.97. The van der Waals surface area contributed by atoms with Gasteiger partial charge in [0.25, 0.3) is 0 Å². The molecule has 2 aromatic rings. The van der Waals surface area contributed by atoms with Crippen molar-refractivity contribution >= 4 is 11.5 Å². The molecule has 1 aliphatic heterocycles. The molecule has 2 heterocycles. The Morgan fingerprint density at radius 1 is 1.30 bits per heavy atom. The first-order chi connectivity index (χ1) is 13.3. The first-order valence-corrected chi connectivity index (χ1v) is 9.57. The molecule has 1 N–H and O–H groups in total. The molecule has 0 radical (unpaired) electrons. The van der Waals surface area contributed by atoms with E-state index in [9.17, 15) is 0 Å². The van der Waals surface area contributed by atoms with Crippen LogP contribution in [0, 0.1) is 24.2 Å². The monoisotopic (exact) mass is 360 g/mol. The minimum atomic E-state index is 0.496. The van der Waals surface area contributed by atoms with Crippen molar-refractivity contribution in [1.29, 1.82) is 5.26 Å². The summed E-state index contributed by atoms with van der Waals surface area (Å²) in [7, 11) is 0. The summed E-state index contributed by atoms with van der Waals surface area (Å²) in [6.45, 7) is 6.48. The van der Waals surface area contributed by atoms with E-state index in [0.29, 0.717) is 18.0 Å². The van der Waals surface area contributed by atoms with Crippen molar-refractivity contribution in [2.24, 2.45) is 10.9 Å². The fourth-order valence-electron chi connectivity index (χ4n) is 3.56. The average molecular weight is 360 g/mol. The summed E-state index contributed by atoms with van der Waals surface area (Å²) in [5.74, 6) is 1.51. The molecule has 0 amide bonds. The fourth-order valence-corrected chi connectivity index (χ4v) is 3.56. The molecule has 1 aliphatic carbocycles. The molecule has 4 rings (SSSR count). The van der Waals surface area contributed by atoms with E-state index in [0.717, 1.165) is 54.5 Å². The number of aromatic nitrogens is 2. The van der Waals surface area contributed by atoms with Crippen LogP contribution in [0.15, 0.2) is 35.6 Å². The van der Waals surface area contributed by atoms with Gasteiger partial charge in [-0.3, -0.25) is 4.99 Å². The van der Waals surface area contributed by atoms with E-state index in [-0.39, 0.29) is 0 Å². The fraction of sp³-hybridized carbons (Fsp3) is 0.429. The van der Waals surface area contributed by atoms with Crippen LogP contribution < -0.4 is 10.2 Å². The summed E-state index contributed by atoms with van der Waals surface area (Å²) in [4.78, 5) is 16.5. The highest BCUT2D eigenvalue weighted by Gasteiger charge is 2.32. The van der Waals surface area contributed by atoms with Crippen molar-refractivity contribution < 1.29 is 0 Å². The maximum Gasteiger partial charge on any atom is 0.141 e. The lowest BCUT2D eigenvalue weighted by Gasteiger charge is -2.30. The van der Waals surface area contributed by atoms with Crippen molar-refractivity contribution in [3.05, 3.63) is 53.0 Å². The number of nitrogens with zero attached hydrogens (tertiary/aromatic N) is 5. The lowest BCUT2D eigenvalue weighted by atomic mass is 10.0. The van der Waals surface area contributed by atoms with Crippen LogP contribution in [-0.2, 0) is 6.54 Å². The number of nitriles is 1. The number of rotatable bonds is 5. The average Bonchev–Trinajstić information content (AvgIpc) is 3.55. The first-order valence-electron chi connectivity index (χ1n) is 9.57. The molecule has 0 spiro atoms. The van der Waals surface area contributed by atoms with Gasteiger partial charge < -0.3 is 10.2 Å². The molecule has 0 atom stereocenters. The lowest BCUT2D eigenvalue weighted by molar-refractivity contribution is 0.584. The van der Waals surface area contributed by atoms with Crippen molar-refractivity contribution in [2.75, 3.05) is 31.1 Å². The van der Waals surface area contributed by atoms with Gasteiger partial charge in [0.1, 0.15) is 12.1 Å². The predicted octanol–water partition coefficient (Wildman–Crippen LogP) is 2.47. The Kier molecular flexibility index (Phi) is 5.12. The van der Waals surface area contributed by atoms with Gasteiger partial charge in [-0.2, -0.15) is 5.26 Å². The highest BCUT2D eigenvalue weighted by molar-refractivity contribution is 6.08. The summed E-state index contributed by atoms with van der Waals surface area (Å²) >= 11 is 0. The highest BCUT2D eigenvalue weighted by Crippen LogP contribution is 2.36. The zero-order valence-corrected chi connectivity index (χ0v) is 15.6. The Morgan fingerprint density at radius 2 is 2.11 bits per heavy atom. The largest absolute Gasteiger partial charge is 0.353 e. The van der Waals surface area contributed by atoms with Crippen LogP contribution in [0.2, 0.25) is 0 Å². The van der Waals surface area contributed by atoms with Crippen LogP contribution in [0.4, 0.5) is 5.82 Å². The van der Waals surface area contributed by atoms with Gasteiger partial charge in [-0.25, -0.2) is 9.97 Å². The van der Waals surface area contributed by atoms with Gasteiger partial charge in [0, 0.05) is 32.1 Å². The molecule has 2 fully saturated rings. The SMILES string of the molecule is Cc1ncnc(N2CCNCC2)c1/C(=N\Cc1cccc(C#N)c1)C1CC1. The Labute approximate surface area is 160 Å². The molecule has 1 saturated carbocycles. The zero-order chi connectivity index (χ0) is 18.6. The van der Waals surface area contributed by atoms with E-state index in [1.807, 2.05) is 24.3 Å². The standard InChI is InChI=1S/C21H24N6/c1-15-19(21(26-14-25-15)27-9-7-23-8-10-27)20(18-5-6-18)24-13-17-4-2-3-16(11-17)12-22/h2-4,11,14,18,23H,5-10,13H2,1H3/b24-20-. The van der Waals surface area contributed by atoms with Gasteiger partial charge in [-0.15, -0.1) is 0 Å². The van der Waals surface area contributed by atoms with Crippen LogP contribution in [0.5, 0.6) is 0 Å². The molecule has 1 saturated heterocycles. The molecule has 0 unspecified atom stereocenters. The van der Waals surface area contributed by atoms with Gasteiger partial charge in [-0.1, -0.05) is 12.1 Å². The lowest BCUT2D eigenvalue weighted by Crippen LogP contribution is -2.44. The smallest absolute Gasteiger partial charge is 0.141 e. The molecule has 27 heavy (non-hydrogen) atoms. The van der Waals surface area contributed by atoms with E-state index in [2.05, 4.69) is 33.2 Å². The first kappa shape index (κ1) is 17.6. The molecule has 0 bridgehead atoms. The Hall–Kier alpha value is -2.78. The van der Waals surface area contributed by atoms with Crippen molar-refractivity contribution in [3.63, 3.8) is 0 Å². The Bertz CT molecular complexity index is 888. The maximum atomic E-state index is 9.12. The van der Waals surface area contributed by atoms with Gasteiger partial charge in [-0.05, 0) is 37.5 Å². The van der Waals surface area contributed by atoms with Crippen molar-refractivity contribution in [3.8, 4) is 6.07 Å². The summed E-state index contributed by atoms with van der Waals surface area (Å²) in [6, 6.07) is 9.89. The van der Waals surface area contributed by atoms with Gasteiger partial charge in [0.2, 0.25) is 0 Å². The molecular formula is C21H24N6. The minimum Gasteiger partial charge on any atom is -0.353 e. The molecule has 2 aliphatic rings. The number of aryl methyl sites for hydroxylation is 1. The third-order valence-corrected chi connectivity index (χ3v) is 5.14. The van der Waals surface area contributed by atoms with Crippen molar-refractivity contribution in [2.45, 2.75) is 26.3 Å². The molecule has 6 nitrogen and oxygen atoms in total. The van der Waals surface area contributed by atoms with E-state index in [1.165, 1.54) is 12.8 Å². The number of nitrogens with one attached hydrogen (secondary N) is 1. The third kappa shape index (κ3) is 3.99. The normalized spacial score (nSPS) is 17.6. The topological polar surface area (TPSA) is 77.2 Å². The highest BCUT2D eigenvalue weighted by atomic mass is 15.2. The van der Waals surface area contributed by atoms with Gasteiger partial charge in [0.05, 0.1) is 35.1 Å². The molecule has 138 valence electrons. The quantitative estimate of drug-likeness (QED) is 0.829. The summed E-state index contributed by atoms with van der Waals surface area (Å²) < 4.78 is 0. The number of piperazine rings is 1. The van der Waals surface area contributed by atoms with Crippen LogP contribution in [0.3, 0.4) is 0 Å². The summed E-state index contributed by atoms with van der Waals surface area (Å²) in [5, 5.41) is 12.5. The second kappa shape index (κ2) is 7.85. The maximum absolute atomic E-state index is 9.12. The van der Waals surface area contributed by atoms with Crippen LogP contribution in [0.25, 0.3) is 0 Å². The van der Waals surface area contributed by atoms with E-state index < -0.39 is 0 Å². The second-order valence-corrected chi connectivity index (χ2v) is 7.18. The molecule has 1 aromatic heterocycles. The number of aliphatic imine (C=N–C) groups is 1. The van der Waals surface area contributed by atoms with E-state index >= 15 is 0 Å².